The number of benzene rings is 1. The van der Waals surface area contributed by atoms with Crippen LogP contribution in [0.3, 0.4) is 0 Å². The number of rotatable bonds is 5. The van der Waals surface area contributed by atoms with Gasteiger partial charge in [-0.15, -0.1) is 0 Å². The number of halogens is 1. The number of amides is 1. The van der Waals surface area contributed by atoms with Crippen LogP contribution in [0.4, 0.5) is 20.6 Å². The molecular weight excluding hydrogens is 445 g/mol. The second-order valence-electron chi connectivity index (χ2n) is 9.88. The van der Waals surface area contributed by atoms with E-state index in [0.717, 1.165) is 45.6 Å². The van der Waals surface area contributed by atoms with Gasteiger partial charge < -0.3 is 28.4 Å². The first-order chi connectivity index (χ1) is 16.5. The second kappa shape index (κ2) is 7.32. The van der Waals surface area contributed by atoms with E-state index in [4.69, 9.17) is 23.5 Å². The number of hydrogen-bond acceptors (Lipinski definition) is 8. The van der Waals surface area contributed by atoms with Gasteiger partial charge in [-0.25, -0.2) is 9.18 Å². The molecular formula is C24H26FN3O6. The van der Waals surface area contributed by atoms with Gasteiger partial charge in [0.15, 0.2) is 6.29 Å². The highest BCUT2D eigenvalue weighted by Gasteiger charge is 2.64. The molecule has 1 aliphatic carbocycles. The molecule has 1 saturated carbocycles. The SMILES string of the molecule is CC1N(c2ccc(N3C[C@@H]4[C@@H](COC5CCCCO5)[C@@H]4C3)c(F)c2)C(=O)O[C@@]12Oc1nocc12. The van der Waals surface area contributed by atoms with E-state index in [0.29, 0.717) is 40.6 Å². The topological polar surface area (TPSA) is 86.5 Å². The van der Waals surface area contributed by atoms with Gasteiger partial charge in [-0.05, 0) is 67.3 Å². The Kier molecular flexibility index (Phi) is 4.42. The van der Waals surface area contributed by atoms with Crippen LogP contribution in [0.25, 0.3) is 0 Å². The maximum Gasteiger partial charge on any atom is 0.418 e. The summed E-state index contributed by atoms with van der Waals surface area (Å²) < 4.78 is 42.9. The van der Waals surface area contributed by atoms with Gasteiger partial charge in [-0.1, -0.05) is 0 Å². The minimum atomic E-state index is -1.27. The van der Waals surface area contributed by atoms with Gasteiger partial charge in [0.05, 0.1) is 18.0 Å². The Morgan fingerprint density at radius 1 is 1.24 bits per heavy atom. The number of anilines is 2. The zero-order valence-electron chi connectivity index (χ0n) is 18.8. The minimum absolute atomic E-state index is 0.0586. The Balaban J connectivity index is 1.01. The number of fused-ring (bicyclic) bond motifs is 3. The number of carbonyl (C=O) groups is 1. The van der Waals surface area contributed by atoms with Crippen LogP contribution in [0.2, 0.25) is 0 Å². The van der Waals surface area contributed by atoms with E-state index >= 15 is 4.39 Å². The first kappa shape index (κ1) is 20.5. The van der Waals surface area contributed by atoms with E-state index in [2.05, 4.69) is 10.1 Å². The molecule has 1 aromatic carbocycles. The highest BCUT2D eigenvalue weighted by molar-refractivity contribution is 5.92. The smallest absolute Gasteiger partial charge is 0.418 e. The van der Waals surface area contributed by atoms with Gasteiger partial charge in [-0.3, -0.25) is 4.90 Å². The molecule has 180 valence electrons. The zero-order valence-corrected chi connectivity index (χ0v) is 18.8. The van der Waals surface area contributed by atoms with Crippen molar-refractivity contribution in [2.45, 2.75) is 44.3 Å². The van der Waals surface area contributed by atoms with Gasteiger partial charge in [0.2, 0.25) is 0 Å². The summed E-state index contributed by atoms with van der Waals surface area (Å²) in [5.74, 6) is 0.283. The normalized spacial score (nSPS) is 35.6. The van der Waals surface area contributed by atoms with Crippen LogP contribution in [-0.2, 0) is 20.0 Å². The minimum Gasteiger partial charge on any atom is -0.425 e. The summed E-state index contributed by atoms with van der Waals surface area (Å²) in [6.45, 7) is 4.93. The standard InChI is InChI=1S/C24H26FN3O6/c1-13-24(18-12-32-26-22(18)33-24)34-23(29)28(13)14-5-6-20(19(25)8-14)27-9-15-16(10-27)17(15)11-31-21-4-2-3-7-30-21/h5-6,8,12-13,15-17,21H,2-4,7,9-11H2,1H3/t13?,15-,16+,17+,21?,24-/m0/s1. The van der Waals surface area contributed by atoms with Crippen molar-refractivity contribution in [1.29, 1.82) is 0 Å². The summed E-state index contributed by atoms with van der Waals surface area (Å²) in [6, 6.07) is 4.39. The second-order valence-corrected chi connectivity index (χ2v) is 9.88. The van der Waals surface area contributed by atoms with Gasteiger partial charge in [0, 0.05) is 19.7 Å². The summed E-state index contributed by atoms with van der Waals surface area (Å²) in [5, 5.41) is 3.71. The lowest BCUT2D eigenvalue weighted by atomic mass is 9.97. The third kappa shape index (κ3) is 2.91. The molecule has 3 saturated heterocycles. The van der Waals surface area contributed by atoms with Crippen LogP contribution in [0.5, 0.6) is 5.88 Å². The predicted molar refractivity (Wildman–Crippen MR) is 116 cm³/mol. The van der Waals surface area contributed by atoms with Crippen LogP contribution in [-0.4, -0.2) is 49.9 Å². The maximum atomic E-state index is 15.2. The van der Waals surface area contributed by atoms with E-state index in [9.17, 15) is 4.79 Å². The monoisotopic (exact) mass is 471 g/mol. The lowest BCUT2D eigenvalue weighted by molar-refractivity contribution is -0.170. The Morgan fingerprint density at radius 3 is 2.82 bits per heavy atom. The summed E-state index contributed by atoms with van der Waals surface area (Å²) in [6.07, 6.45) is 4.00. The van der Waals surface area contributed by atoms with Crippen LogP contribution < -0.4 is 14.5 Å². The van der Waals surface area contributed by atoms with Crippen molar-refractivity contribution < 1.29 is 32.7 Å². The number of carbonyl (C=O) groups excluding carboxylic acids is 1. The molecule has 1 aromatic heterocycles. The Labute approximate surface area is 195 Å². The summed E-state index contributed by atoms with van der Waals surface area (Å²) in [4.78, 5) is 16.2. The molecule has 34 heavy (non-hydrogen) atoms. The molecule has 1 amide bonds. The molecule has 7 rings (SSSR count). The van der Waals surface area contributed by atoms with Crippen molar-refractivity contribution in [2.75, 3.05) is 36.1 Å². The molecule has 2 unspecified atom stereocenters. The molecule has 0 N–H and O–H groups in total. The Hall–Kier alpha value is -2.85. The average molecular weight is 471 g/mol. The van der Waals surface area contributed by atoms with Crippen LogP contribution >= 0.6 is 0 Å². The highest BCUT2D eigenvalue weighted by Crippen LogP contribution is 2.54. The van der Waals surface area contributed by atoms with Crippen LogP contribution in [0.1, 0.15) is 31.7 Å². The zero-order chi connectivity index (χ0) is 23.0. The number of ether oxygens (including phenoxy) is 4. The fourth-order valence-electron chi connectivity index (χ4n) is 6.05. The van der Waals surface area contributed by atoms with Crippen LogP contribution in [0.15, 0.2) is 29.0 Å². The van der Waals surface area contributed by atoms with E-state index in [1.807, 2.05) is 0 Å². The molecule has 9 nitrogen and oxygen atoms in total. The van der Waals surface area contributed by atoms with Crippen molar-refractivity contribution >= 4 is 17.5 Å². The first-order valence-corrected chi connectivity index (χ1v) is 12.0. The fraction of sp³-hybridized carbons (Fsp3) is 0.583. The molecule has 5 aliphatic rings. The largest absolute Gasteiger partial charge is 0.425 e. The molecule has 5 heterocycles. The number of piperidine rings is 1. The van der Waals surface area contributed by atoms with E-state index < -0.39 is 17.9 Å². The van der Waals surface area contributed by atoms with Crippen molar-refractivity contribution in [3.05, 3.63) is 35.8 Å². The summed E-state index contributed by atoms with van der Waals surface area (Å²) in [5.41, 5.74) is 1.56. The lowest BCUT2D eigenvalue weighted by Gasteiger charge is -2.37. The average Bonchev–Trinajstić information content (AvgIpc) is 3.14. The molecule has 4 fully saturated rings. The quantitative estimate of drug-likeness (QED) is 0.654. The maximum absolute atomic E-state index is 15.2. The molecule has 2 aromatic rings. The predicted octanol–water partition coefficient (Wildman–Crippen LogP) is 3.63. The Bertz CT molecular complexity index is 1120. The van der Waals surface area contributed by atoms with Gasteiger partial charge in [0.1, 0.15) is 23.7 Å². The van der Waals surface area contributed by atoms with Gasteiger partial charge in [-0.2, -0.15) is 0 Å². The highest BCUT2D eigenvalue weighted by atomic mass is 19.1. The number of nitrogens with zero attached hydrogens (tertiary/aromatic N) is 3. The fourth-order valence-corrected chi connectivity index (χ4v) is 6.05. The van der Waals surface area contributed by atoms with Crippen molar-refractivity contribution in [1.82, 2.24) is 5.16 Å². The van der Waals surface area contributed by atoms with Crippen molar-refractivity contribution in [2.24, 2.45) is 17.8 Å². The molecule has 1 spiro atoms. The Morgan fingerprint density at radius 2 is 2.09 bits per heavy atom. The molecule has 0 radical (unpaired) electrons. The summed E-state index contributed by atoms with van der Waals surface area (Å²) >= 11 is 0. The third-order valence-corrected chi connectivity index (χ3v) is 8.07. The van der Waals surface area contributed by atoms with Crippen LogP contribution in [0, 0.1) is 23.6 Å². The van der Waals surface area contributed by atoms with Crippen molar-refractivity contribution in [3.63, 3.8) is 0 Å². The van der Waals surface area contributed by atoms with E-state index in [1.54, 1.807) is 19.1 Å². The summed E-state index contributed by atoms with van der Waals surface area (Å²) in [7, 11) is 0. The molecule has 6 atom stereocenters. The van der Waals surface area contributed by atoms with Gasteiger partial charge in [0.25, 0.3) is 5.88 Å². The van der Waals surface area contributed by atoms with E-state index in [1.165, 1.54) is 17.2 Å². The lowest BCUT2D eigenvalue weighted by Crippen LogP contribution is -2.51. The molecule has 0 bridgehead atoms. The molecule has 4 aliphatic heterocycles. The van der Waals surface area contributed by atoms with Crippen molar-refractivity contribution in [3.8, 4) is 5.88 Å². The van der Waals surface area contributed by atoms with E-state index in [-0.39, 0.29) is 12.1 Å². The first-order valence-electron chi connectivity index (χ1n) is 12.0. The number of hydrogen-bond donors (Lipinski definition) is 0. The van der Waals surface area contributed by atoms with Gasteiger partial charge >= 0.3 is 11.9 Å². The third-order valence-electron chi connectivity index (χ3n) is 8.07. The number of aromatic nitrogens is 1. The molecule has 10 heteroatoms.